The van der Waals surface area contributed by atoms with Crippen molar-refractivity contribution in [1.29, 1.82) is 0 Å². The molecule has 0 atom stereocenters. The van der Waals surface area contributed by atoms with Gasteiger partial charge in [0.05, 0.1) is 25.2 Å². The minimum absolute atomic E-state index is 0.199. The zero-order valence-corrected chi connectivity index (χ0v) is 12.0. The summed E-state index contributed by atoms with van der Waals surface area (Å²) in [6.07, 6.45) is 3.45. The molecule has 0 radical (unpaired) electrons. The van der Waals surface area contributed by atoms with Crippen LogP contribution in [0.2, 0.25) is 0 Å². The molecule has 0 unspecified atom stereocenters. The molecule has 0 rings (SSSR count). The van der Waals surface area contributed by atoms with E-state index in [1.54, 1.807) is 0 Å². The summed E-state index contributed by atoms with van der Waals surface area (Å²) in [5.74, 6) is -2.71. The van der Waals surface area contributed by atoms with Crippen molar-refractivity contribution in [2.75, 3.05) is 13.2 Å². The maximum absolute atomic E-state index is 11.7. The second kappa shape index (κ2) is 11.0. The zero-order chi connectivity index (χ0) is 15.4. The topological polar surface area (TPSA) is 89.9 Å². The van der Waals surface area contributed by atoms with E-state index in [1.165, 1.54) is 0 Å². The predicted molar refractivity (Wildman–Crippen MR) is 72.1 cm³/mol. The fraction of sp³-hybridized carbons (Fsp3) is 0.643. The number of aliphatic carboxylic acids is 1. The van der Waals surface area contributed by atoms with Gasteiger partial charge in [-0.15, -0.1) is 0 Å². The Morgan fingerprint density at radius 2 is 1.55 bits per heavy atom. The number of hydrogen-bond acceptors (Lipinski definition) is 5. The molecule has 0 saturated heterocycles. The van der Waals surface area contributed by atoms with Crippen molar-refractivity contribution in [3.63, 3.8) is 0 Å². The Morgan fingerprint density at radius 1 is 1.00 bits per heavy atom. The van der Waals surface area contributed by atoms with Crippen molar-refractivity contribution in [3.8, 4) is 0 Å². The van der Waals surface area contributed by atoms with Gasteiger partial charge in [0.2, 0.25) is 0 Å². The van der Waals surface area contributed by atoms with Gasteiger partial charge < -0.3 is 14.6 Å². The van der Waals surface area contributed by atoms with Crippen LogP contribution in [0.15, 0.2) is 11.6 Å². The maximum Gasteiger partial charge on any atom is 0.334 e. The Balaban J connectivity index is 4.45. The van der Waals surface area contributed by atoms with Gasteiger partial charge in [-0.3, -0.25) is 4.79 Å². The van der Waals surface area contributed by atoms with Crippen molar-refractivity contribution in [3.05, 3.63) is 11.6 Å². The molecule has 0 aliphatic rings. The number of carbonyl (C=O) groups excluding carboxylic acids is 2. The third-order valence-electron chi connectivity index (χ3n) is 2.39. The van der Waals surface area contributed by atoms with Gasteiger partial charge in [-0.05, 0) is 12.8 Å². The summed E-state index contributed by atoms with van der Waals surface area (Å²) < 4.78 is 9.78. The van der Waals surface area contributed by atoms with Crippen LogP contribution in [0.4, 0.5) is 0 Å². The summed E-state index contributed by atoms with van der Waals surface area (Å²) in [5.41, 5.74) is -0.199. The summed E-state index contributed by atoms with van der Waals surface area (Å²) in [6, 6.07) is 0. The quantitative estimate of drug-likeness (QED) is 0.375. The van der Waals surface area contributed by atoms with Crippen LogP contribution in [0.5, 0.6) is 0 Å². The number of rotatable bonds is 10. The molecular formula is C14H22O6. The molecule has 6 nitrogen and oxygen atoms in total. The number of ether oxygens (including phenoxy) is 2. The highest BCUT2D eigenvalue weighted by molar-refractivity contribution is 5.99. The Hall–Kier alpha value is -1.85. The number of unbranched alkanes of at least 4 members (excludes halogenated alkanes) is 2. The lowest BCUT2D eigenvalue weighted by atomic mass is 10.2. The summed E-state index contributed by atoms with van der Waals surface area (Å²) >= 11 is 0. The van der Waals surface area contributed by atoms with Crippen LogP contribution >= 0.6 is 0 Å². The highest BCUT2D eigenvalue weighted by Gasteiger charge is 2.17. The highest BCUT2D eigenvalue weighted by atomic mass is 16.5. The van der Waals surface area contributed by atoms with Gasteiger partial charge in [0.15, 0.2) is 0 Å². The van der Waals surface area contributed by atoms with Gasteiger partial charge in [-0.25, -0.2) is 9.59 Å². The lowest BCUT2D eigenvalue weighted by molar-refractivity contribution is -0.146. The fourth-order valence-electron chi connectivity index (χ4n) is 1.27. The fourth-order valence-corrected chi connectivity index (χ4v) is 1.27. The van der Waals surface area contributed by atoms with Crippen LogP contribution in [-0.2, 0) is 23.9 Å². The first-order valence-corrected chi connectivity index (χ1v) is 6.77. The molecule has 0 aromatic rings. The van der Waals surface area contributed by atoms with Crippen LogP contribution in [-0.4, -0.2) is 36.2 Å². The first-order valence-electron chi connectivity index (χ1n) is 6.77. The molecule has 6 heteroatoms. The molecule has 0 heterocycles. The second-order valence-electron chi connectivity index (χ2n) is 4.25. The smallest absolute Gasteiger partial charge is 0.334 e. The maximum atomic E-state index is 11.7. The van der Waals surface area contributed by atoms with Crippen molar-refractivity contribution < 1.29 is 29.0 Å². The van der Waals surface area contributed by atoms with Crippen LogP contribution in [0.25, 0.3) is 0 Å². The molecule has 0 aromatic heterocycles. The van der Waals surface area contributed by atoms with Gasteiger partial charge >= 0.3 is 17.9 Å². The number of esters is 2. The van der Waals surface area contributed by atoms with Crippen LogP contribution in [0, 0.1) is 0 Å². The van der Waals surface area contributed by atoms with Gasteiger partial charge in [0.1, 0.15) is 0 Å². The van der Waals surface area contributed by atoms with Gasteiger partial charge in [0.25, 0.3) is 0 Å². The molecule has 0 saturated carbocycles. The van der Waals surface area contributed by atoms with Crippen molar-refractivity contribution in [2.45, 2.75) is 46.0 Å². The molecule has 0 bridgehead atoms. The summed E-state index contributed by atoms with van der Waals surface area (Å²) in [7, 11) is 0. The summed E-state index contributed by atoms with van der Waals surface area (Å²) in [6.45, 7) is 4.36. The first kappa shape index (κ1) is 18.1. The lowest BCUT2D eigenvalue weighted by Gasteiger charge is -2.08. The number of carboxylic acids is 1. The molecule has 0 aromatic carbocycles. The Morgan fingerprint density at radius 3 is 2.05 bits per heavy atom. The van der Waals surface area contributed by atoms with E-state index in [1.807, 2.05) is 13.8 Å². The van der Waals surface area contributed by atoms with Gasteiger partial charge in [-0.2, -0.15) is 0 Å². The standard InChI is InChI=1S/C14H22O6/c1-3-5-7-19-13(17)10-11(9-12(15)16)14(18)20-8-6-4-2/h9H,3-8,10H2,1-2H3,(H,15,16). The van der Waals surface area contributed by atoms with Crippen molar-refractivity contribution in [1.82, 2.24) is 0 Å². The Kier molecular flexibility index (Phi) is 10.00. The molecule has 0 aliphatic carbocycles. The minimum atomic E-state index is -1.30. The SMILES string of the molecule is CCCCOC(=O)CC(=CC(=O)O)C(=O)OCCCC. The molecule has 0 aliphatic heterocycles. The molecule has 0 fully saturated rings. The van der Waals surface area contributed by atoms with E-state index < -0.39 is 17.9 Å². The van der Waals surface area contributed by atoms with E-state index in [2.05, 4.69) is 0 Å². The van der Waals surface area contributed by atoms with E-state index in [4.69, 9.17) is 14.6 Å². The second-order valence-corrected chi connectivity index (χ2v) is 4.25. The van der Waals surface area contributed by atoms with E-state index in [-0.39, 0.29) is 25.2 Å². The number of carbonyl (C=O) groups is 3. The molecule has 114 valence electrons. The van der Waals surface area contributed by atoms with Crippen molar-refractivity contribution in [2.24, 2.45) is 0 Å². The summed E-state index contributed by atoms with van der Waals surface area (Å²) in [5, 5.41) is 8.70. The van der Waals surface area contributed by atoms with Crippen LogP contribution < -0.4 is 0 Å². The third-order valence-corrected chi connectivity index (χ3v) is 2.39. The van der Waals surface area contributed by atoms with E-state index in [9.17, 15) is 14.4 Å². The Bertz CT molecular complexity index is 359. The monoisotopic (exact) mass is 286 g/mol. The van der Waals surface area contributed by atoms with Crippen LogP contribution in [0.1, 0.15) is 46.0 Å². The minimum Gasteiger partial charge on any atom is -0.478 e. The summed E-state index contributed by atoms with van der Waals surface area (Å²) in [4.78, 5) is 33.8. The Labute approximate surface area is 118 Å². The number of carboxylic acid groups (broad SMARTS) is 1. The van der Waals surface area contributed by atoms with Gasteiger partial charge in [0, 0.05) is 6.08 Å². The average molecular weight is 286 g/mol. The largest absolute Gasteiger partial charge is 0.478 e. The van der Waals surface area contributed by atoms with Crippen LogP contribution in [0.3, 0.4) is 0 Å². The molecule has 0 amide bonds. The number of hydrogen-bond donors (Lipinski definition) is 1. The highest BCUT2D eigenvalue weighted by Crippen LogP contribution is 2.07. The molecule has 20 heavy (non-hydrogen) atoms. The third kappa shape index (κ3) is 9.13. The predicted octanol–water partition coefficient (Wildman–Crippen LogP) is 2.07. The first-order chi connectivity index (χ1) is 9.51. The van der Waals surface area contributed by atoms with E-state index in [0.29, 0.717) is 12.5 Å². The zero-order valence-electron chi connectivity index (χ0n) is 12.0. The molecular weight excluding hydrogens is 264 g/mol. The van der Waals surface area contributed by atoms with Crippen molar-refractivity contribution >= 4 is 17.9 Å². The molecule has 1 N–H and O–H groups in total. The van der Waals surface area contributed by atoms with E-state index >= 15 is 0 Å². The lowest BCUT2D eigenvalue weighted by Crippen LogP contribution is -2.16. The van der Waals surface area contributed by atoms with Gasteiger partial charge in [-0.1, -0.05) is 26.7 Å². The normalized spacial score (nSPS) is 11.0. The van der Waals surface area contributed by atoms with E-state index in [0.717, 1.165) is 19.3 Å². The molecule has 0 spiro atoms. The average Bonchev–Trinajstić information content (AvgIpc) is 2.38.